The minimum atomic E-state index is -3.54. The Hall–Kier alpha value is -2.07. The summed E-state index contributed by atoms with van der Waals surface area (Å²) >= 11 is 5.93. The van der Waals surface area contributed by atoms with Crippen LogP contribution in [0.5, 0.6) is 0 Å². The second-order valence-electron chi connectivity index (χ2n) is 7.79. The van der Waals surface area contributed by atoms with Crippen molar-refractivity contribution in [1.82, 2.24) is 19.4 Å². The van der Waals surface area contributed by atoms with Crippen LogP contribution in [0.4, 0.5) is 0 Å². The Bertz CT molecular complexity index is 1050. The van der Waals surface area contributed by atoms with Crippen molar-refractivity contribution in [2.45, 2.75) is 29.9 Å². The Kier molecular flexibility index (Phi) is 4.39. The van der Waals surface area contributed by atoms with E-state index in [1.54, 1.807) is 23.1 Å². The van der Waals surface area contributed by atoms with Crippen LogP contribution in [-0.2, 0) is 21.3 Å². The lowest BCUT2D eigenvalue weighted by molar-refractivity contribution is -0.0980. The quantitative estimate of drug-likeness (QED) is 0.723. The van der Waals surface area contributed by atoms with Gasteiger partial charge in [-0.25, -0.2) is 8.42 Å². The van der Waals surface area contributed by atoms with Crippen molar-refractivity contribution in [1.29, 1.82) is 0 Å². The highest BCUT2D eigenvalue weighted by Gasteiger charge is 2.65. The van der Waals surface area contributed by atoms with Gasteiger partial charge in [0.1, 0.15) is 10.9 Å². The van der Waals surface area contributed by atoms with E-state index in [2.05, 4.69) is 10.2 Å². The fourth-order valence-corrected chi connectivity index (χ4v) is 7.06. The van der Waals surface area contributed by atoms with Crippen LogP contribution in [0, 0.1) is 0 Å². The average Bonchev–Trinajstić information content (AvgIpc) is 3.09. The van der Waals surface area contributed by atoms with E-state index in [4.69, 9.17) is 16.3 Å². The van der Waals surface area contributed by atoms with E-state index in [1.165, 1.54) is 16.7 Å². The van der Waals surface area contributed by atoms with Gasteiger partial charge in [0.25, 0.3) is 5.91 Å². The van der Waals surface area contributed by atoms with Crippen molar-refractivity contribution in [3.05, 3.63) is 58.9 Å². The molecule has 1 amide bonds. The molecule has 1 spiro atoms. The zero-order valence-corrected chi connectivity index (χ0v) is 17.0. The molecule has 0 radical (unpaired) electrons. The first-order chi connectivity index (χ1) is 13.9. The number of ether oxygens (including phenoxy) is 1. The zero-order valence-electron chi connectivity index (χ0n) is 15.4. The van der Waals surface area contributed by atoms with Gasteiger partial charge in [-0.15, -0.1) is 0 Å². The van der Waals surface area contributed by atoms with Gasteiger partial charge >= 0.3 is 0 Å². The number of amides is 1. The van der Waals surface area contributed by atoms with Gasteiger partial charge in [-0.1, -0.05) is 23.7 Å². The highest BCUT2D eigenvalue weighted by molar-refractivity contribution is 7.90. The van der Waals surface area contributed by atoms with Gasteiger partial charge in [0, 0.05) is 24.7 Å². The number of benzene rings is 1. The molecule has 152 valence electrons. The lowest BCUT2D eigenvalue weighted by Gasteiger charge is -2.39. The number of carbonyl (C=O) groups excluding carboxylic acids is 1. The molecule has 0 unspecified atom stereocenters. The molecule has 0 N–H and O–H groups in total. The van der Waals surface area contributed by atoms with Crippen LogP contribution < -0.4 is 0 Å². The first-order valence-electron chi connectivity index (χ1n) is 9.35. The number of hydrogen-bond donors (Lipinski definition) is 0. The standard InChI is InChI=1S/C19H19ClN4O4S/c20-15-3-1-13(2-4-15)9-24-12-19-11-23(18(25)14-5-6-21-22-8-14)10-16(28-19)7-17(19)29(24,26)27/h1-6,8,16-17H,7,9-12H2/t16-,17+,19+/m1/s1. The van der Waals surface area contributed by atoms with Crippen molar-refractivity contribution < 1.29 is 17.9 Å². The van der Waals surface area contributed by atoms with Crippen LogP contribution in [-0.4, -0.2) is 70.3 Å². The molecule has 3 aliphatic heterocycles. The van der Waals surface area contributed by atoms with Crippen LogP contribution in [0.3, 0.4) is 0 Å². The molecule has 3 atom stereocenters. The van der Waals surface area contributed by atoms with Crippen LogP contribution in [0.1, 0.15) is 22.3 Å². The highest BCUT2D eigenvalue weighted by Crippen LogP contribution is 2.47. The molecule has 8 nitrogen and oxygen atoms in total. The van der Waals surface area contributed by atoms with E-state index in [1.807, 2.05) is 12.1 Å². The van der Waals surface area contributed by atoms with E-state index >= 15 is 0 Å². The maximum absolute atomic E-state index is 13.2. The molecule has 2 bridgehead atoms. The van der Waals surface area contributed by atoms with Crippen LogP contribution in [0.2, 0.25) is 5.02 Å². The smallest absolute Gasteiger partial charge is 0.255 e. The highest BCUT2D eigenvalue weighted by atomic mass is 35.5. The fourth-order valence-electron chi connectivity index (χ4n) is 4.64. The molecule has 0 saturated carbocycles. The summed E-state index contributed by atoms with van der Waals surface area (Å²) in [4.78, 5) is 14.6. The van der Waals surface area contributed by atoms with E-state index < -0.39 is 20.9 Å². The molecule has 3 saturated heterocycles. The molecular weight excluding hydrogens is 416 g/mol. The second kappa shape index (κ2) is 6.73. The van der Waals surface area contributed by atoms with Gasteiger partial charge in [-0.05, 0) is 30.2 Å². The Labute approximate surface area is 173 Å². The summed E-state index contributed by atoms with van der Waals surface area (Å²) in [6.45, 7) is 1.11. The molecular formula is C19H19ClN4O4S. The monoisotopic (exact) mass is 434 g/mol. The summed E-state index contributed by atoms with van der Waals surface area (Å²) in [6.07, 6.45) is 3.02. The Balaban J connectivity index is 1.40. The second-order valence-corrected chi connectivity index (χ2v) is 10.3. The first-order valence-corrected chi connectivity index (χ1v) is 11.2. The molecule has 10 heteroatoms. The van der Waals surface area contributed by atoms with Gasteiger partial charge in [-0.2, -0.15) is 14.5 Å². The predicted molar refractivity (Wildman–Crippen MR) is 105 cm³/mol. The largest absolute Gasteiger partial charge is 0.365 e. The van der Waals surface area contributed by atoms with Crippen molar-refractivity contribution in [3.8, 4) is 0 Å². The number of likely N-dealkylation sites (tertiary alicyclic amines) is 1. The van der Waals surface area contributed by atoms with Gasteiger partial charge in [-0.3, -0.25) is 4.79 Å². The van der Waals surface area contributed by atoms with Crippen molar-refractivity contribution in [3.63, 3.8) is 0 Å². The number of carbonyl (C=O) groups is 1. The fraction of sp³-hybridized carbons (Fsp3) is 0.421. The summed E-state index contributed by atoms with van der Waals surface area (Å²) in [5.74, 6) is -0.179. The van der Waals surface area contributed by atoms with E-state index in [9.17, 15) is 13.2 Å². The molecule has 0 aliphatic carbocycles. The number of fused-ring (bicyclic) bond motifs is 1. The normalized spacial score (nSPS) is 30.3. The number of nitrogens with zero attached hydrogens (tertiary/aromatic N) is 4. The maximum Gasteiger partial charge on any atom is 0.255 e. The summed E-state index contributed by atoms with van der Waals surface area (Å²) < 4.78 is 34.1. The average molecular weight is 435 g/mol. The molecule has 4 heterocycles. The topological polar surface area (TPSA) is 92.7 Å². The summed E-state index contributed by atoms with van der Waals surface area (Å²) in [6, 6.07) is 8.74. The number of hydrogen-bond acceptors (Lipinski definition) is 6. The third-order valence-electron chi connectivity index (χ3n) is 5.90. The predicted octanol–water partition coefficient (Wildman–Crippen LogP) is 1.33. The third-order valence-corrected chi connectivity index (χ3v) is 8.47. The molecule has 1 aromatic carbocycles. The molecule has 3 fully saturated rings. The summed E-state index contributed by atoms with van der Waals surface area (Å²) in [5.41, 5.74) is 0.398. The molecule has 3 aliphatic rings. The van der Waals surface area contributed by atoms with Gasteiger partial charge in [0.2, 0.25) is 10.0 Å². The van der Waals surface area contributed by atoms with Crippen LogP contribution in [0.25, 0.3) is 0 Å². The molecule has 5 rings (SSSR count). The van der Waals surface area contributed by atoms with Crippen molar-refractivity contribution >= 4 is 27.5 Å². The SMILES string of the molecule is O=C(c1ccnnc1)N1C[C@H]2C[C@H]3[C@](C1)(CN(Cc1ccc(Cl)cc1)S3(=O)=O)O2. The lowest BCUT2D eigenvalue weighted by atomic mass is 9.99. The first kappa shape index (κ1) is 18.9. The van der Waals surface area contributed by atoms with E-state index in [0.29, 0.717) is 23.6 Å². The van der Waals surface area contributed by atoms with Crippen LogP contribution in [0.15, 0.2) is 42.7 Å². The number of aromatic nitrogens is 2. The Morgan fingerprint density at radius 2 is 2.00 bits per heavy atom. The zero-order chi connectivity index (χ0) is 20.2. The molecule has 29 heavy (non-hydrogen) atoms. The Morgan fingerprint density at radius 1 is 1.21 bits per heavy atom. The summed E-state index contributed by atoms with van der Waals surface area (Å²) in [7, 11) is -3.54. The lowest BCUT2D eigenvalue weighted by Crippen LogP contribution is -2.56. The minimum Gasteiger partial charge on any atom is -0.365 e. The van der Waals surface area contributed by atoms with Crippen molar-refractivity contribution in [2.24, 2.45) is 0 Å². The van der Waals surface area contributed by atoms with Crippen LogP contribution >= 0.6 is 11.6 Å². The number of morpholine rings is 1. The number of rotatable bonds is 3. The van der Waals surface area contributed by atoms with E-state index in [-0.39, 0.29) is 31.6 Å². The van der Waals surface area contributed by atoms with Gasteiger partial charge < -0.3 is 9.64 Å². The summed E-state index contributed by atoms with van der Waals surface area (Å²) in [5, 5.41) is 7.43. The van der Waals surface area contributed by atoms with E-state index in [0.717, 1.165) is 5.56 Å². The van der Waals surface area contributed by atoms with Gasteiger partial charge in [0.05, 0.1) is 30.6 Å². The number of halogens is 1. The van der Waals surface area contributed by atoms with Crippen molar-refractivity contribution in [2.75, 3.05) is 19.6 Å². The number of sulfonamides is 1. The van der Waals surface area contributed by atoms with Gasteiger partial charge in [0.15, 0.2) is 0 Å². The molecule has 1 aromatic heterocycles. The third kappa shape index (κ3) is 3.13. The Morgan fingerprint density at radius 3 is 2.72 bits per heavy atom. The minimum absolute atomic E-state index is 0.179. The molecule has 2 aromatic rings. The maximum atomic E-state index is 13.2.